The van der Waals surface area contributed by atoms with E-state index in [-0.39, 0.29) is 24.9 Å². The third-order valence-electron chi connectivity index (χ3n) is 3.84. The zero-order valence-electron chi connectivity index (χ0n) is 15.5. The van der Waals surface area contributed by atoms with Gasteiger partial charge in [0.05, 0.1) is 7.11 Å². The Balaban J connectivity index is 3.04. The molecule has 0 aromatic carbocycles. The van der Waals surface area contributed by atoms with Gasteiger partial charge in [-0.15, -0.1) is 13.2 Å². The number of rotatable bonds is 6. The maximum atomic E-state index is 13.0. The first-order valence-electron chi connectivity index (χ1n) is 8.23. The molecule has 0 aromatic rings. The van der Waals surface area contributed by atoms with E-state index in [9.17, 15) is 14.4 Å². The van der Waals surface area contributed by atoms with Crippen molar-refractivity contribution < 1.29 is 23.9 Å². The number of methoxy groups -OCH3 is 1. The Hall–Kier alpha value is -2.31. The Labute approximate surface area is 149 Å². The first kappa shape index (κ1) is 20.7. The van der Waals surface area contributed by atoms with Gasteiger partial charge in [-0.25, -0.2) is 4.79 Å². The minimum atomic E-state index is -0.753. The Morgan fingerprint density at radius 1 is 1.28 bits per heavy atom. The zero-order valence-corrected chi connectivity index (χ0v) is 15.5. The van der Waals surface area contributed by atoms with Crippen LogP contribution >= 0.6 is 0 Å². The largest absolute Gasteiger partial charge is 0.468 e. The lowest BCUT2D eigenvalue weighted by atomic mass is 9.99. The van der Waals surface area contributed by atoms with Gasteiger partial charge in [-0.05, 0) is 27.2 Å². The van der Waals surface area contributed by atoms with Gasteiger partial charge < -0.3 is 14.4 Å². The monoisotopic (exact) mass is 352 g/mol. The minimum absolute atomic E-state index is 0.177. The van der Waals surface area contributed by atoms with Gasteiger partial charge in [0.2, 0.25) is 5.91 Å². The van der Waals surface area contributed by atoms with Gasteiger partial charge in [-0.3, -0.25) is 14.5 Å². The molecule has 1 saturated heterocycles. The Kier molecular flexibility index (Phi) is 7.21. The summed E-state index contributed by atoms with van der Waals surface area (Å²) in [4.78, 5) is 39.8. The van der Waals surface area contributed by atoms with Crippen LogP contribution in [0.5, 0.6) is 0 Å². The second-order valence-electron chi connectivity index (χ2n) is 6.89. The molecule has 25 heavy (non-hydrogen) atoms. The standard InChI is InChI=1S/C18H28N2O5/c1-7-10-19(12-14(21)24-6)16(22)15-13(8-2)9-11-20(15)17(23)25-18(3,4)5/h7-8,13,15H,1-2,9-12H2,3-6H3/t13-,15-/m0/s1. The minimum Gasteiger partial charge on any atom is -0.468 e. The second-order valence-corrected chi connectivity index (χ2v) is 6.89. The maximum Gasteiger partial charge on any atom is 0.410 e. The molecular weight excluding hydrogens is 324 g/mol. The number of nitrogens with zero attached hydrogens (tertiary/aromatic N) is 2. The van der Waals surface area contributed by atoms with E-state index in [1.165, 1.54) is 23.0 Å². The zero-order chi connectivity index (χ0) is 19.2. The summed E-state index contributed by atoms with van der Waals surface area (Å²) < 4.78 is 10.0. The summed E-state index contributed by atoms with van der Waals surface area (Å²) in [6, 6.07) is -0.753. The summed E-state index contributed by atoms with van der Waals surface area (Å²) in [7, 11) is 1.26. The summed E-state index contributed by atoms with van der Waals surface area (Å²) in [5, 5.41) is 0. The number of hydrogen-bond acceptors (Lipinski definition) is 5. The molecule has 0 radical (unpaired) electrons. The van der Waals surface area contributed by atoms with Crippen molar-refractivity contribution >= 4 is 18.0 Å². The molecule has 2 amide bonds. The quantitative estimate of drug-likeness (QED) is 0.540. The van der Waals surface area contributed by atoms with Crippen LogP contribution in [0.3, 0.4) is 0 Å². The highest BCUT2D eigenvalue weighted by molar-refractivity contribution is 5.89. The van der Waals surface area contributed by atoms with Gasteiger partial charge in [0.15, 0.2) is 0 Å². The molecule has 2 atom stereocenters. The average Bonchev–Trinajstić information content (AvgIpc) is 2.96. The first-order chi connectivity index (χ1) is 11.6. The average molecular weight is 352 g/mol. The van der Waals surface area contributed by atoms with Crippen molar-refractivity contribution in [1.82, 2.24) is 9.80 Å². The summed E-state index contributed by atoms with van der Waals surface area (Å²) in [5.74, 6) is -1.09. The fourth-order valence-electron chi connectivity index (χ4n) is 2.70. The molecule has 0 saturated carbocycles. The van der Waals surface area contributed by atoms with E-state index in [0.717, 1.165) is 0 Å². The normalized spacial score (nSPS) is 19.9. The van der Waals surface area contributed by atoms with Gasteiger partial charge in [-0.2, -0.15) is 0 Å². The number of carbonyl (C=O) groups excluding carboxylic acids is 3. The van der Waals surface area contributed by atoms with Crippen LogP contribution in [0.2, 0.25) is 0 Å². The molecule has 0 N–H and O–H groups in total. The van der Waals surface area contributed by atoms with Crippen molar-refractivity contribution in [3.05, 3.63) is 25.3 Å². The molecule has 0 unspecified atom stereocenters. The van der Waals surface area contributed by atoms with Crippen molar-refractivity contribution in [3.63, 3.8) is 0 Å². The molecule has 1 rings (SSSR count). The van der Waals surface area contributed by atoms with Crippen LogP contribution in [0, 0.1) is 5.92 Å². The van der Waals surface area contributed by atoms with Crippen molar-refractivity contribution in [2.24, 2.45) is 5.92 Å². The third kappa shape index (κ3) is 5.62. The van der Waals surface area contributed by atoms with Crippen LogP contribution in [0.1, 0.15) is 27.2 Å². The van der Waals surface area contributed by atoms with Crippen LogP contribution in [-0.2, 0) is 19.1 Å². The van der Waals surface area contributed by atoms with Gasteiger partial charge in [0.25, 0.3) is 0 Å². The number of likely N-dealkylation sites (tertiary alicyclic amines) is 1. The van der Waals surface area contributed by atoms with Crippen molar-refractivity contribution in [2.75, 3.05) is 26.7 Å². The predicted octanol–water partition coefficient (Wildman–Crippen LogP) is 1.99. The van der Waals surface area contributed by atoms with E-state index < -0.39 is 23.7 Å². The van der Waals surface area contributed by atoms with Crippen LogP contribution in [0.15, 0.2) is 25.3 Å². The van der Waals surface area contributed by atoms with E-state index >= 15 is 0 Å². The molecule has 1 heterocycles. The van der Waals surface area contributed by atoms with E-state index in [2.05, 4.69) is 17.9 Å². The highest BCUT2D eigenvalue weighted by Crippen LogP contribution is 2.28. The molecule has 0 aliphatic carbocycles. The number of ether oxygens (including phenoxy) is 2. The molecule has 0 aromatic heterocycles. The SMILES string of the molecule is C=CCN(CC(=O)OC)C(=O)[C@@H]1[C@@H](C=C)CCN1C(=O)OC(C)(C)C. The summed E-state index contributed by atoms with van der Waals surface area (Å²) >= 11 is 0. The smallest absolute Gasteiger partial charge is 0.410 e. The van der Waals surface area contributed by atoms with Crippen LogP contribution in [0.25, 0.3) is 0 Å². The summed E-state index contributed by atoms with van der Waals surface area (Å²) in [5.41, 5.74) is -0.663. The van der Waals surface area contributed by atoms with Crippen molar-refractivity contribution in [3.8, 4) is 0 Å². The molecule has 7 nitrogen and oxygen atoms in total. The van der Waals surface area contributed by atoms with E-state index in [1.807, 2.05) is 0 Å². The molecule has 1 aliphatic heterocycles. The van der Waals surface area contributed by atoms with Crippen LogP contribution < -0.4 is 0 Å². The van der Waals surface area contributed by atoms with Gasteiger partial charge >= 0.3 is 12.1 Å². The van der Waals surface area contributed by atoms with Gasteiger partial charge in [0, 0.05) is 19.0 Å². The van der Waals surface area contributed by atoms with Gasteiger partial charge in [0.1, 0.15) is 18.2 Å². The number of amides is 2. The number of hydrogen-bond donors (Lipinski definition) is 0. The van der Waals surface area contributed by atoms with Crippen LogP contribution in [-0.4, -0.2) is 66.2 Å². The molecule has 1 fully saturated rings. The fraction of sp³-hybridized carbons (Fsp3) is 0.611. The Morgan fingerprint density at radius 3 is 2.40 bits per heavy atom. The predicted molar refractivity (Wildman–Crippen MR) is 93.8 cm³/mol. The van der Waals surface area contributed by atoms with Crippen molar-refractivity contribution in [2.45, 2.75) is 38.8 Å². The molecule has 1 aliphatic rings. The van der Waals surface area contributed by atoms with Crippen molar-refractivity contribution in [1.29, 1.82) is 0 Å². The Morgan fingerprint density at radius 2 is 1.92 bits per heavy atom. The van der Waals surface area contributed by atoms with E-state index in [0.29, 0.717) is 13.0 Å². The Bertz CT molecular complexity index is 538. The molecule has 0 spiro atoms. The highest BCUT2D eigenvalue weighted by Gasteiger charge is 2.44. The number of carbonyl (C=O) groups is 3. The molecular formula is C18H28N2O5. The fourth-order valence-corrected chi connectivity index (χ4v) is 2.70. The maximum absolute atomic E-state index is 13.0. The molecule has 7 heteroatoms. The van der Waals surface area contributed by atoms with E-state index in [1.54, 1.807) is 26.8 Å². The van der Waals surface area contributed by atoms with E-state index in [4.69, 9.17) is 4.74 Å². The molecule has 140 valence electrons. The highest BCUT2D eigenvalue weighted by atomic mass is 16.6. The lowest BCUT2D eigenvalue weighted by Gasteiger charge is -2.32. The van der Waals surface area contributed by atoms with Crippen LogP contribution in [0.4, 0.5) is 4.79 Å². The third-order valence-corrected chi connectivity index (χ3v) is 3.84. The molecule has 0 bridgehead atoms. The lowest BCUT2D eigenvalue weighted by Crippen LogP contribution is -2.52. The topological polar surface area (TPSA) is 76.2 Å². The lowest BCUT2D eigenvalue weighted by molar-refractivity contribution is -0.148. The summed E-state index contributed by atoms with van der Waals surface area (Å²) in [6.07, 6.45) is 3.25. The number of esters is 1. The first-order valence-corrected chi connectivity index (χ1v) is 8.23. The van der Waals surface area contributed by atoms with Gasteiger partial charge in [-0.1, -0.05) is 12.2 Å². The summed E-state index contributed by atoms with van der Waals surface area (Å²) in [6.45, 7) is 13.0. The second kappa shape index (κ2) is 8.69.